The van der Waals surface area contributed by atoms with Gasteiger partial charge in [-0.3, -0.25) is 4.79 Å². The van der Waals surface area contributed by atoms with Crippen LogP contribution in [0.2, 0.25) is 5.15 Å². The highest BCUT2D eigenvalue weighted by Crippen LogP contribution is 2.16. The summed E-state index contributed by atoms with van der Waals surface area (Å²) in [5, 5.41) is 0.509. The highest BCUT2D eigenvalue weighted by atomic mass is 35.5. The zero-order valence-corrected chi connectivity index (χ0v) is 10.7. The largest absolute Gasteiger partial charge is 0.355 e. The predicted octanol–water partition coefficient (Wildman–Crippen LogP) is 1.79. The van der Waals surface area contributed by atoms with Gasteiger partial charge in [0.2, 0.25) is 5.91 Å². The minimum Gasteiger partial charge on any atom is -0.355 e. The fourth-order valence-corrected chi connectivity index (χ4v) is 2.19. The van der Waals surface area contributed by atoms with Crippen LogP contribution >= 0.6 is 11.6 Å². The molecule has 1 aliphatic heterocycles. The first-order valence-electron chi connectivity index (χ1n) is 5.80. The Bertz CT molecular complexity index is 410. The van der Waals surface area contributed by atoms with E-state index in [-0.39, 0.29) is 5.91 Å². The summed E-state index contributed by atoms with van der Waals surface area (Å²) >= 11 is 5.88. The molecule has 1 saturated heterocycles. The van der Waals surface area contributed by atoms with E-state index < -0.39 is 0 Å². The Labute approximate surface area is 106 Å². The number of hydrogen-bond donors (Lipinski definition) is 0. The molecule has 0 spiro atoms. The van der Waals surface area contributed by atoms with E-state index in [2.05, 4.69) is 9.88 Å². The molecule has 0 bridgehead atoms. The van der Waals surface area contributed by atoms with Gasteiger partial charge in [0.05, 0.1) is 0 Å². The molecule has 0 radical (unpaired) electrons. The number of rotatable bonds is 1. The Hall–Kier alpha value is -1.29. The first-order valence-corrected chi connectivity index (χ1v) is 6.17. The third kappa shape index (κ3) is 3.09. The van der Waals surface area contributed by atoms with E-state index in [9.17, 15) is 4.79 Å². The smallest absolute Gasteiger partial charge is 0.219 e. The lowest BCUT2D eigenvalue weighted by molar-refractivity contribution is -0.128. The second-order valence-electron chi connectivity index (χ2n) is 4.17. The molecule has 1 fully saturated rings. The van der Waals surface area contributed by atoms with Crippen LogP contribution in [0.5, 0.6) is 0 Å². The molecule has 2 rings (SSSR count). The lowest BCUT2D eigenvalue weighted by atomic mass is 10.3. The van der Waals surface area contributed by atoms with Gasteiger partial charge in [-0.25, -0.2) is 4.98 Å². The number of carbonyl (C=O) groups is 1. The van der Waals surface area contributed by atoms with Gasteiger partial charge in [0, 0.05) is 33.1 Å². The minimum absolute atomic E-state index is 0.144. The molecule has 0 aromatic carbocycles. The second-order valence-corrected chi connectivity index (χ2v) is 4.55. The Morgan fingerprint density at radius 1 is 1.29 bits per heavy atom. The highest BCUT2D eigenvalue weighted by Gasteiger charge is 2.17. The summed E-state index contributed by atoms with van der Waals surface area (Å²) < 4.78 is 0. The number of amides is 1. The second kappa shape index (κ2) is 5.36. The maximum atomic E-state index is 11.3. The molecule has 1 amide bonds. The first kappa shape index (κ1) is 12.2. The van der Waals surface area contributed by atoms with Crippen molar-refractivity contribution in [1.82, 2.24) is 9.88 Å². The number of aromatic nitrogens is 1. The van der Waals surface area contributed by atoms with E-state index in [0.29, 0.717) is 5.15 Å². The van der Waals surface area contributed by atoms with E-state index in [4.69, 9.17) is 11.6 Å². The molecule has 0 aliphatic carbocycles. The summed E-state index contributed by atoms with van der Waals surface area (Å²) in [4.78, 5) is 19.7. The van der Waals surface area contributed by atoms with Gasteiger partial charge in [-0.1, -0.05) is 17.7 Å². The summed E-state index contributed by atoms with van der Waals surface area (Å²) in [5.74, 6) is 1.04. The lowest BCUT2D eigenvalue weighted by Gasteiger charge is -2.22. The molecule has 0 saturated carbocycles. The van der Waals surface area contributed by atoms with Gasteiger partial charge in [-0.15, -0.1) is 0 Å². The average molecular weight is 254 g/mol. The fourth-order valence-electron chi connectivity index (χ4n) is 2.04. The van der Waals surface area contributed by atoms with Crippen LogP contribution in [0.3, 0.4) is 0 Å². The molecule has 5 heteroatoms. The van der Waals surface area contributed by atoms with Crippen molar-refractivity contribution in [1.29, 1.82) is 0 Å². The monoisotopic (exact) mass is 253 g/mol. The SMILES string of the molecule is CC(=O)N1CCCN(c2cccc(Cl)n2)CC1. The van der Waals surface area contributed by atoms with Gasteiger partial charge in [-0.05, 0) is 18.6 Å². The van der Waals surface area contributed by atoms with Crippen LogP contribution in [-0.4, -0.2) is 42.0 Å². The van der Waals surface area contributed by atoms with Crippen LogP contribution in [0.15, 0.2) is 18.2 Å². The molecule has 1 aromatic heterocycles. The number of anilines is 1. The van der Waals surface area contributed by atoms with Gasteiger partial charge in [0.1, 0.15) is 11.0 Å². The normalized spacial score (nSPS) is 16.8. The molecule has 1 aliphatic rings. The molecule has 0 N–H and O–H groups in total. The van der Waals surface area contributed by atoms with E-state index in [0.717, 1.165) is 38.4 Å². The van der Waals surface area contributed by atoms with Crippen molar-refractivity contribution in [3.05, 3.63) is 23.4 Å². The van der Waals surface area contributed by atoms with Crippen LogP contribution in [0.4, 0.5) is 5.82 Å². The van der Waals surface area contributed by atoms with E-state index in [1.165, 1.54) is 0 Å². The maximum absolute atomic E-state index is 11.3. The number of hydrogen-bond acceptors (Lipinski definition) is 3. The van der Waals surface area contributed by atoms with Crippen molar-refractivity contribution in [3.63, 3.8) is 0 Å². The quantitative estimate of drug-likeness (QED) is 0.716. The van der Waals surface area contributed by atoms with Crippen molar-refractivity contribution in [2.45, 2.75) is 13.3 Å². The molecular formula is C12H16ClN3O. The third-order valence-corrected chi connectivity index (χ3v) is 3.18. The molecule has 0 unspecified atom stereocenters. The first-order chi connectivity index (χ1) is 8.16. The van der Waals surface area contributed by atoms with E-state index in [1.807, 2.05) is 17.0 Å². The van der Waals surface area contributed by atoms with Gasteiger partial charge in [-0.2, -0.15) is 0 Å². The summed E-state index contributed by atoms with van der Waals surface area (Å²) in [6, 6.07) is 5.62. The van der Waals surface area contributed by atoms with Gasteiger partial charge in [0.15, 0.2) is 0 Å². The third-order valence-electron chi connectivity index (χ3n) is 2.97. The number of halogens is 1. The Morgan fingerprint density at radius 2 is 2.12 bits per heavy atom. The number of carbonyl (C=O) groups excluding carboxylic acids is 1. The zero-order valence-electron chi connectivity index (χ0n) is 9.90. The van der Waals surface area contributed by atoms with Crippen LogP contribution < -0.4 is 4.90 Å². The molecule has 1 aromatic rings. The molecular weight excluding hydrogens is 238 g/mol. The van der Waals surface area contributed by atoms with Crippen molar-refractivity contribution in [3.8, 4) is 0 Å². The maximum Gasteiger partial charge on any atom is 0.219 e. The predicted molar refractivity (Wildman–Crippen MR) is 68.3 cm³/mol. The molecule has 4 nitrogen and oxygen atoms in total. The molecule has 0 atom stereocenters. The fraction of sp³-hybridized carbons (Fsp3) is 0.500. The molecule has 17 heavy (non-hydrogen) atoms. The van der Waals surface area contributed by atoms with Crippen molar-refractivity contribution in [2.75, 3.05) is 31.1 Å². The molecule has 2 heterocycles. The minimum atomic E-state index is 0.144. The zero-order chi connectivity index (χ0) is 12.3. The summed E-state index contributed by atoms with van der Waals surface area (Å²) in [5.41, 5.74) is 0. The van der Waals surface area contributed by atoms with E-state index in [1.54, 1.807) is 13.0 Å². The Morgan fingerprint density at radius 3 is 2.82 bits per heavy atom. The highest BCUT2D eigenvalue weighted by molar-refractivity contribution is 6.29. The van der Waals surface area contributed by atoms with E-state index >= 15 is 0 Å². The molecule has 92 valence electrons. The Balaban J connectivity index is 2.06. The Kier molecular flexibility index (Phi) is 3.84. The van der Waals surface area contributed by atoms with Crippen molar-refractivity contribution < 1.29 is 4.79 Å². The van der Waals surface area contributed by atoms with Gasteiger partial charge in [0.25, 0.3) is 0 Å². The van der Waals surface area contributed by atoms with Crippen molar-refractivity contribution in [2.24, 2.45) is 0 Å². The lowest BCUT2D eigenvalue weighted by Crippen LogP contribution is -2.33. The van der Waals surface area contributed by atoms with Crippen LogP contribution in [0.25, 0.3) is 0 Å². The van der Waals surface area contributed by atoms with Crippen LogP contribution in [-0.2, 0) is 4.79 Å². The standard InChI is InChI=1S/C12H16ClN3O/c1-10(17)15-6-3-7-16(9-8-15)12-5-2-4-11(13)14-12/h2,4-5H,3,6-9H2,1H3. The van der Waals surface area contributed by atoms with Crippen LogP contribution in [0, 0.1) is 0 Å². The average Bonchev–Trinajstić information content (AvgIpc) is 2.54. The van der Waals surface area contributed by atoms with Gasteiger partial charge < -0.3 is 9.80 Å². The summed E-state index contributed by atoms with van der Waals surface area (Å²) in [7, 11) is 0. The topological polar surface area (TPSA) is 36.4 Å². The number of nitrogens with zero attached hydrogens (tertiary/aromatic N) is 3. The van der Waals surface area contributed by atoms with Gasteiger partial charge >= 0.3 is 0 Å². The number of pyridine rings is 1. The van der Waals surface area contributed by atoms with Crippen molar-refractivity contribution >= 4 is 23.3 Å². The summed E-state index contributed by atoms with van der Waals surface area (Å²) in [6.07, 6.45) is 0.966. The van der Waals surface area contributed by atoms with Crippen LogP contribution in [0.1, 0.15) is 13.3 Å². The summed E-state index contributed by atoms with van der Waals surface area (Å²) in [6.45, 7) is 4.92.